The summed E-state index contributed by atoms with van der Waals surface area (Å²) in [6.07, 6.45) is -4.56. The van der Waals surface area contributed by atoms with Gasteiger partial charge in [-0.1, -0.05) is 18.2 Å². The number of amides is 2. The van der Waals surface area contributed by atoms with Gasteiger partial charge in [-0.15, -0.1) is 0 Å². The first-order chi connectivity index (χ1) is 15.3. The average molecular weight is 446 g/mol. The van der Waals surface area contributed by atoms with Crippen LogP contribution < -0.4 is 10.1 Å². The van der Waals surface area contributed by atoms with E-state index in [0.717, 1.165) is 6.07 Å². The molecule has 1 N–H and O–H groups in total. The van der Waals surface area contributed by atoms with E-state index in [0.29, 0.717) is 37.5 Å². The lowest BCUT2D eigenvalue weighted by molar-refractivity contribution is -0.137. The molecule has 1 aliphatic rings. The lowest BCUT2D eigenvalue weighted by atomic mass is 10.1. The highest BCUT2D eigenvalue weighted by molar-refractivity contribution is 5.93. The lowest BCUT2D eigenvalue weighted by Crippen LogP contribution is -2.51. The van der Waals surface area contributed by atoms with Crippen molar-refractivity contribution in [3.63, 3.8) is 0 Å². The number of nitrogens with zero attached hydrogens (tertiary/aromatic N) is 3. The second-order valence-corrected chi connectivity index (χ2v) is 7.18. The molecule has 168 valence electrons. The van der Waals surface area contributed by atoms with Gasteiger partial charge in [-0.2, -0.15) is 18.4 Å². The van der Waals surface area contributed by atoms with Gasteiger partial charge < -0.3 is 15.0 Å². The fraction of sp³-hybridized carbons (Fsp3) is 0.318. The third-order valence-corrected chi connectivity index (χ3v) is 4.92. The number of piperazine rings is 1. The SMILES string of the molecule is N#Cc1cccc(OCC(=O)N2CCN(CC(=O)Nc3ccccc3C(F)(F)F)CC2)c1. The maximum atomic E-state index is 13.1. The fourth-order valence-electron chi connectivity index (χ4n) is 3.28. The highest BCUT2D eigenvalue weighted by Crippen LogP contribution is 2.34. The van der Waals surface area contributed by atoms with Crippen molar-refractivity contribution in [3.8, 4) is 11.8 Å². The van der Waals surface area contributed by atoms with Crippen LogP contribution in [-0.4, -0.2) is 60.9 Å². The third-order valence-electron chi connectivity index (χ3n) is 4.92. The summed E-state index contributed by atoms with van der Waals surface area (Å²) in [5, 5.41) is 11.2. The Morgan fingerprint density at radius 2 is 1.78 bits per heavy atom. The van der Waals surface area contributed by atoms with E-state index < -0.39 is 17.6 Å². The van der Waals surface area contributed by atoms with Gasteiger partial charge in [0.25, 0.3) is 5.91 Å². The molecule has 2 aromatic carbocycles. The molecule has 1 fully saturated rings. The second-order valence-electron chi connectivity index (χ2n) is 7.18. The maximum absolute atomic E-state index is 13.1. The lowest BCUT2D eigenvalue weighted by Gasteiger charge is -2.34. The molecule has 0 unspecified atom stereocenters. The number of hydrogen-bond acceptors (Lipinski definition) is 5. The molecule has 0 atom stereocenters. The Kier molecular flexibility index (Phi) is 7.33. The molecule has 0 spiro atoms. The van der Waals surface area contributed by atoms with E-state index >= 15 is 0 Å². The molecule has 7 nitrogen and oxygen atoms in total. The number of hydrogen-bond donors (Lipinski definition) is 1. The van der Waals surface area contributed by atoms with Crippen LogP contribution in [0, 0.1) is 11.3 Å². The Balaban J connectivity index is 1.45. The maximum Gasteiger partial charge on any atom is 0.418 e. The summed E-state index contributed by atoms with van der Waals surface area (Å²) < 4.78 is 44.6. The van der Waals surface area contributed by atoms with Crippen LogP contribution in [-0.2, 0) is 15.8 Å². The van der Waals surface area contributed by atoms with Gasteiger partial charge >= 0.3 is 6.18 Å². The molecular formula is C22H21F3N4O3. The summed E-state index contributed by atoms with van der Waals surface area (Å²) in [6.45, 7) is 1.29. The quantitative estimate of drug-likeness (QED) is 0.738. The van der Waals surface area contributed by atoms with Crippen LogP contribution >= 0.6 is 0 Å². The van der Waals surface area contributed by atoms with Gasteiger partial charge in [0.15, 0.2) is 6.61 Å². The minimum atomic E-state index is -4.56. The summed E-state index contributed by atoms with van der Waals surface area (Å²) >= 11 is 0. The number of rotatable bonds is 6. The van der Waals surface area contributed by atoms with E-state index in [1.165, 1.54) is 18.2 Å². The van der Waals surface area contributed by atoms with E-state index in [9.17, 15) is 22.8 Å². The van der Waals surface area contributed by atoms with E-state index in [1.807, 2.05) is 6.07 Å². The van der Waals surface area contributed by atoms with E-state index in [4.69, 9.17) is 10.00 Å². The van der Waals surface area contributed by atoms with Crippen molar-refractivity contribution in [2.24, 2.45) is 0 Å². The Bertz CT molecular complexity index is 1010. The fourth-order valence-corrected chi connectivity index (χ4v) is 3.28. The zero-order valence-corrected chi connectivity index (χ0v) is 17.1. The van der Waals surface area contributed by atoms with Crippen molar-refractivity contribution in [3.05, 3.63) is 59.7 Å². The standard InChI is InChI=1S/C22H21F3N4O3/c23-22(24,25)18-6-1-2-7-19(18)27-20(30)14-28-8-10-29(11-9-28)21(31)15-32-17-5-3-4-16(12-17)13-26/h1-7,12H,8-11,14-15H2,(H,27,30). The molecule has 10 heteroatoms. The molecule has 2 amide bonds. The van der Waals surface area contributed by atoms with Gasteiger partial charge in [0.1, 0.15) is 5.75 Å². The number of ether oxygens (including phenoxy) is 1. The molecule has 32 heavy (non-hydrogen) atoms. The summed E-state index contributed by atoms with van der Waals surface area (Å²) in [7, 11) is 0. The monoisotopic (exact) mass is 446 g/mol. The van der Waals surface area contributed by atoms with Gasteiger partial charge in [0, 0.05) is 26.2 Å². The zero-order chi connectivity index (χ0) is 23.1. The van der Waals surface area contributed by atoms with Crippen LogP contribution in [0.15, 0.2) is 48.5 Å². The molecule has 3 rings (SSSR count). The van der Waals surface area contributed by atoms with Crippen LogP contribution in [0.3, 0.4) is 0 Å². The van der Waals surface area contributed by atoms with Crippen molar-refractivity contribution in [1.29, 1.82) is 5.26 Å². The summed E-state index contributed by atoms with van der Waals surface area (Å²) in [5.74, 6) is -0.357. The molecule has 0 bridgehead atoms. The Labute approximate surface area is 183 Å². The number of alkyl halides is 3. The van der Waals surface area contributed by atoms with Gasteiger partial charge in [0.2, 0.25) is 5.91 Å². The molecule has 1 heterocycles. The number of nitriles is 1. The Morgan fingerprint density at radius 1 is 1.06 bits per heavy atom. The first kappa shape index (κ1) is 23.1. The van der Waals surface area contributed by atoms with E-state index in [-0.39, 0.29) is 24.7 Å². The number of benzene rings is 2. The second kappa shape index (κ2) is 10.2. The number of carbonyl (C=O) groups is 2. The largest absolute Gasteiger partial charge is 0.484 e. The molecule has 0 saturated carbocycles. The minimum absolute atomic E-state index is 0.0777. The highest BCUT2D eigenvalue weighted by Gasteiger charge is 2.33. The predicted molar refractivity (Wildman–Crippen MR) is 110 cm³/mol. The molecule has 0 aliphatic carbocycles. The molecule has 1 aliphatic heterocycles. The van der Waals surface area contributed by atoms with Gasteiger partial charge in [-0.25, -0.2) is 0 Å². The summed E-state index contributed by atoms with van der Waals surface area (Å²) in [6, 6.07) is 13.3. The average Bonchev–Trinajstić information content (AvgIpc) is 2.77. The first-order valence-electron chi connectivity index (χ1n) is 9.85. The molecule has 2 aromatic rings. The summed E-state index contributed by atoms with van der Waals surface area (Å²) in [5.41, 5.74) is -0.750. The van der Waals surface area contributed by atoms with Crippen LogP contribution in [0.4, 0.5) is 18.9 Å². The summed E-state index contributed by atoms with van der Waals surface area (Å²) in [4.78, 5) is 28.0. The van der Waals surface area contributed by atoms with Crippen LogP contribution in [0.2, 0.25) is 0 Å². The van der Waals surface area contributed by atoms with Gasteiger partial charge in [0.05, 0.1) is 29.4 Å². The number of anilines is 1. The molecule has 0 aromatic heterocycles. The topological polar surface area (TPSA) is 85.7 Å². The normalized spacial score (nSPS) is 14.5. The number of halogens is 3. The predicted octanol–water partition coefficient (Wildman–Crippen LogP) is 2.74. The molecule has 0 radical (unpaired) electrons. The number of nitrogens with one attached hydrogen (secondary N) is 1. The van der Waals surface area contributed by atoms with Gasteiger partial charge in [-0.05, 0) is 30.3 Å². The Morgan fingerprint density at radius 3 is 2.47 bits per heavy atom. The van der Waals surface area contributed by atoms with Crippen molar-refractivity contribution >= 4 is 17.5 Å². The molecular weight excluding hydrogens is 425 g/mol. The number of carbonyl (C=O) groups excluding carboxylic acids is 2. The van der Waals surface area contributed by atoms with E-state index in [1.54, 1.807) is 34.1 Å². The Hall–Kier alpha value is -3.58. The zero-order valence-electron chi connectivity index (χ0n) is 17.1. The molecule has 1 saturated heterocycles. The van der Waals surface area contributed by atoms with Crippen LogP contribution in [0.25, 0.3) is 0 Å². The number of para-hydroxylation sites is 1. The minimum Gasteiger partial charge on any atom is -0.484 e. The van der Waals surface area contributed by atoms with Crippen LogP contribution in [0.1, 0.15) is 11.1 Å². The van der Waals surface area contributed by atoms with Crippen molar-refractivity contribution in [2.75, 3.05) is 44.6 Å². The van der Waals surface area contributed by atoms with Crippen molar-refractivity contribution < 1.29 is 27.5 Å². The van der Waals surface area contributed by atoms with Gasteiger partial charge in [-0.3, -0.25) is 14.5 Å². The van der Waals surface area contributed by atoms with Crippen molar-refractivity contribution in [2.45, 2.75) is 6.18 Å². The van der Waals surface area contributed by atoms with Crippen molar-refractivity contribution in [1.82, 2.24) is 9.80 Å². The van der Waals surface area contributed by atoms with Crippen LogP contribution in [0.5, 0.6) is 5.75 Å². The van der Waals surface area contributed by atoms with E-state index in [2.05, 4.69) is 5.32 Å². The first-order valence-corrected chi connectivity index (χ1v) is 9.85. The highest BCUT2D eigenvalue weighted by atomic mass is 19.4. The smallest absolute Gasteiger partial charge is 0.418 e. The third kappa shape index (κ3) is 6.21.